The van der Waals surface area contributed by atoms with E-state index in [1.807, 2.05) is 6.07 Å². The molecule has 0 bridgehead atoms. The molecule has 1 fully saturated rings. The number of hydrogen-bond acceptors (Lipinski definition) is 2. The molecule has 0 saturated heterocycles. The maximum atomic E-state index is 6.15. The third kappa shape index (κ3) is 2.85. The smallest absolute Gasteiger partial charge is 0.161 e. The third-order valence-corrected chi connectivity index (χ3v) is 3.87. The first-order valence-electron chi connectivity index (χ1n) is 7.09. The third-order valence-electron chi connectivity index (χ3n) is 3.68. The highest BCUT2D eigenvalue weighted by molar-refractivity contribution is 6.29. The van der Waals surface area contributed by atoms with Gasteiger partial charge in [0.15, 0.2) is 5.82 Å². The Bertz CT molecular complexity index is 622. The molecule has 0 atom stereocenters. The quantitative estimate of drug-likeness (QED) is 0.728. The van der Waals surface area contributed by atoms with Gasteiger partial charge >= 0.3 is 0 Å². The number of aromatic nitrogens is 2. The van der Waals surface area contributed by atoms with E-state index in [9.17, 15) is 0 Å². The van der Waals surface area contributed by atoms with Gasteiger partial charge in [-0.05, 0) is 30.4 Å². The van der Waals surface area contributed by atoms with Gasteiger partial charge in [0.05, 0.1) is 5.69 Å². The lowest BCUT2D eigenvalue weighted by Crippen LogP contribution is -2.14. The van der Waals surface area contributed by atoms with Crippen LogP contribution in [0.5, 0.6) is 0 Å². The summed E-state index contributed by atoms with van der Waals surface area (Å²) in [6, 6.07) is 10.4. The van der Waals surface area contributed by atoms with Gasteiger partial charge in [-0.3, -0.25) is 0 Å². The molecule has 0 unspecified atom stereocenters. The number of hydrogen-bond donors (Lipinski definition) is 0. The molecule has 20 heavy (non-hydrogen) atoms. The Morgan fingerprint density at radius 3 is 2.25 bits per heavy atom. The Labute approximate surface area is 125 Å². The Kier molecular flexibility index (Phi) is 3.29. The second-order valence-electron chi connectivity index (χ2n) is 6.55. The SMILES string of the molecule is CC(C)(C)c1cc(Cl)nc(-c2ccc(C3CC3)cc2)n1. The van der Waals surface area contributed by atoms with E-state index in [1.54, 1.807) is 0 Å². The highest BCUT2D eigenvalue weighted by Crippen LogP contribution is 2.40. The zero-order chi connectivity index (χ0) is 14.3. The molecule has 1 saturated carbocycles. The summed E-state index contributed by atoms with van der Waals surface area (Å²) in [6.45, 7) is 6.39. The highest BCUT2D eigenvalue weighted by Gasteiger charge is 2.23. The summed E-state index contributed by atoms with van der Waals surface area (Å²) in [4.78, 5) is 9.03. The summed E-state index contributed by atoms with van der Waals surface area (Å²) >= 11 is 6.15. The summed E-state index contributed by atoms with van der Waals surface area (Å²) < 4.78 is 0. The van der Waals surface area contributed by atoms with Gasteiger partial charge in [-0.15, -0.1) is 0 Å². The van der Waals surface area contributed by atoms with Crippen LogP contribution in [-0.2, 0) is 5.41 Å². The molecule has 2 aromatic rings. The molecular formula is C17H19ClN2. The molecule has 3 rings (SSSR count). The van der Waals surface area contributed by atoms with E-state index in [0.29, 0.717) is 11.0 Å². The standard InChI is InChI=1S/C17H19ClN2/c1-17(2,3)14-10-15(18)20-16(19-14)13-8-6-12(7-9-13)11-4-5-11/h6-11H,4-5H2,1-3H3. The first-order chi connectivity index (χ1) is 9.43. The van der Waals surface area contributed by atoms with Crippen molar-refractivity contribution in [1.29, 1.82) is 0 Å². The second-order valence-corrected chi connectivity index (χ2v) is 6.93. The Morgan fingerprint density at radius 2 is 1.70 bits per heavy atom. The minimum Gasteiger partial charge on any atom is -0.232 e. The van der Waals surface area contributed by atoms with Crippen molar-refractivity contribution in [3.05, 3.63) is 46.7 Å². The van der Waals surface area contributed by atoms with Gasteiger partial charge in [-0.1, -0.05) is 56.6 Å². The van der Waals surface area contributed by atoms with Crippen molar-refractivity contribution in [1.82, 2.24) is 9.97 Å². The molecule has 2 nitrogen and oxygen atoms in total. The number of rotatable bonds is 2. The van der Waals surface area contributed by atoms with Gasteiger partial charge in [0.2, 0.25) is 0 Å². The summed E-state index contributed by atoms with van der Waals surface area (Å²) in [5.41, 5.74) is 3.39. The van der Waals surface area contributed by atoms with E-state index < -0.39 is 0 Å². The molecule has 1 aliphatic carbocycles. The van der Waals surface area contributed by atoms with Gasteiger partial charge in [0, 0.05) is 11.0 Å². The maximum Gasteiger partial charge on any atom is 0.161 e. The second kappa shape index (κ2) is 4.85. The van der Waals surface area contributed by atoms with Crippen molar-refractivity contribution in [2.24, 2.45) is 0 Å². The Morgan fingerprint density at radius 1 is 1.05 bits per heavy atom. The first-order valence-corrected chi connectivity index (χ1v) is 7.47. The monoisotopic (exact) mass is 286 g/mol. The summed E-state index contributed by atoms with van der Waals surface area (Å²) in [5, 5.41) is 0.506. The topological polar surface area (TPSA) is 25.8 Å². The first kappa shape index (κ1) is 13.6. The molecule has 1 aliphatic rings. The normalized spacial score (nSPS) is 15.4. The van der Waals surface area contributed by atoms with E-state index in [4.69, 9.17) is 11.6 Å². The minimum atomic E-state index is -0.0325. The summed E-state index contributed by atoms with van der Waals surface area (Å²) in [7, 11) is 0. The Hall–Kier alpha value is -1.41. The van der Waals surface area contributed by atoms with E-state index in [1.165, 1.54) is 18.4 Å². The van der Waals surface area contributed by atoms with Crippen molar-refractivity contribution in [2.75, 3.05) is 0 Å². The largest absolute Gasteiger partial charge is 0.232 e. The predicted molar refractivity (Wildman–Crippen MR) is 83.2 cm³/mol. The average Bonchev–Trinajstić information content (AvgIpc) is 3.21. The van der Waals surface area contributed by atoms with Crippen LogP contribution in [0.3, 0.4) is 0 Å². The lowest BCUT2D eigenvalue weighted by Gasteiger charge is -2.18. The molecule has 3 heteroatoms. The fourth-order valence-corrected chi connectivity index (χ4v) is 2.44. The summed E-state index contributed by atoms with van der Waals surface area (Å²) in [6.07, 6.45) is 2.64. The van der Waals surface area contributed by atoms with Gasteiger partial charge in [-0.2, -0.15) is 0 Å². The maximum absolute atomic E-state index is 6.15. The number of nitrogens with zero attached hydrogens (tertiary/aromatic N) is 2. The molecule has 1 aromatic carbocycles. The van der Waals surface area contributed by atoms with Crippen molar-refractivity contribution in [3.63, 3.8) is 0 Å². The van der Waals surface area contributed by atoms with Gasteiger partial charge in [-0.25, -0.2) is 9.97 Å². The van der Waals surface area contributed by atoms with Crippen LogP contribution in [0.15, 0.2) is 30.3 Å². The van der Waals surface area contributed by atoms with E-state index in [0.717, 1.165) is 17.2 Å². The molecule has 0 aliphatic heterocycles. The average molecular weight is 287 g/mol. The molecule has 0 spiro atoms. The molecule has 0 radical (unpaired) electrons. The van der Waals surface area contributed by atoms with Crippen LogP contribution >= 0.6 is 11.6 Å². The molecule has 1 aromatic heterocycles. The van der Waals surface area contributed by atoms with Crippen molar-refractivity contribution in [2.45, 2.75) is 44.9 Å². The zero-order valence-electron chi connectivity index (χ0n) is 12.2. The number of halogens is 1. The van der Waals surface area contributed by atoms with E-state index in [2.05, 4.69) is 55.0 Å². The summed E-state index contributed by atoms with van der Waals surface area (Å²) in [5.74, 6) is 1.49. The Balaban J connectivity index is 1.98. The fraction of sp³-hybridized carbons (Fsp3) is 0.412. The van der Waals surface area contributed by atoms with Crippen LogP contribution in [0.2, 0.25) is 5.15 Å². The van der Waals surface area contributed by atoms with Crippen molar-refractivity contribution >= 4 is 11.6 Å². The van der Waals surface area contributed by atoms with Crippen LogP contribution in [-0.4, -0.2) is 9.97 Å². The highest BCUT2D eigenvalue weighted by atomic mass is 35.5. The van der Waals surface area contributed by atoms with Crippen LogP contribution in [0.4, 0.5) is 0 Å². The fourth-order valence-electron chi connectivity index (χ4n) is 2.25. The van der Waals surface area contributed by atoms with Crippen LogP contribution < -0.4 is 0 Å². The van der Waals surface area contributed by atoms with Gasteiger partial charge in [0.1, 0.15) is 5.15 Å². The van der Waals surface area contributed by atoms with Crippen LogP contribution in [0.25, 0.3) is 11.4 Å². The number of benzene rings is 1. The zero-order valence-corrected chi connectivity index (χ0v) is 12.9. The minimum absolute atomic E-state index is 0.0325. The van der Waals surface area contributed by atoms with Gasteiger partial charge in [0.25, 0.3) is 0 Å². The predicted octanol–water partition coefficient (Wildman–Crippen LogP) is 4.97. The van der Waals surface area contributed by atoms with Crippen molar-refractivity contribution in [3.8, 4) is 11.4 Å². The van der Waals surface area contributed by atoms with Gasteiger partial charge < -0.3 is 0 Å². The molecule has 0 N–H and O–H groups in total. The molecular weight excluding hydrogens is 268 g/mol. The van der Waals surface area contributed by atoms with Crippen molar-refractivity contribution < 1.29 is 0 Å². The molecule has 0 amide bonds. The lowest BCUT2D eigenvalue weighted by atomic mass is 9.92. The van der Waals surface area contributed by atoms with E-state index in [-0.39, 0.29) is 5.41 Å². The van der Waals surface area contributed by atoms with E-state index >= 15 is 0 Å². The lowest BCUT2D eigenvalue weighted by molar-refractivity contribution is 0.568. The van der Waals surface area contributed by atoms with Crippen LogP contribution in [0.1, 0.15) is 50.8 Å². The van der Waals surface area contributed by atoms with Crippen LogP contribution in [0, 0.1) is 0 Å². The molecule has 1 heterocycles. The molecule has 104 valence electrons.